The number of hydrogen-bond acceptors (Lipinski definition) is 2. The van der Waals surface area contributed by atoms with Gasteiger partial charge < -0.3 is 15.5 Å². The number of carbonyl (C=O) groups excluding carboxylic acids is 1. The summed E-state index contributed by atoms with van der Waals surface area (Å²) in [4.78, 5) is 17.7. The van der Waals surface area contributed by atoms with E-state index in [1.165, 1.54) is 4.90 Å². The van der Waals surface area contributed by atoms with Crippen molar-refractivity contribution in [2.75, 3.05) is 27.7 Å². The van der Waals surface area contributed by atoms with Crippen LogP contribution in [0.25, 0.3) is 0 Å². The standard InChI is InChI=1S/C20H29F3N4O/c1-24-19(26-17-9-7-16(8-10-17)20(21,22)23)25-12-11-14-5-4-6-15(13-14)18(28)27(2)3/h4-6,13,16-17H,7-12H2,1-3H3,(H2,24,25,26). The molecule has 2 N–H and O–H groups in total. The third kappa shape index (κ3) is 6.42. The number of guanidine groups is 1. The Bertz CT molecular complexity index is 680. The van der Waals surface area contributed by atoms with E-state index in [4.69, 9.17) is 0 Å². The molecule has 0 saturated heterocycles. The van der Waals surface area contributed by atoms with Crippen molar-refractivity contribution in [1.82, 2.24) is 15.5 Å². The van der Waals surface area contributed by atoms with Crippen LogP contribution in [-0.4, -0.2) is 56.7 Å². The van der Waals surface area contributed by atoms with Gasteiger partial charge in [-0.3, -0.25) is 9.79 Å². The van der Waals surface area contributed by atoms with Crippen molar-refractivity contribution in [3.63, 3.8) is 0 Å². The van der Waals surface area contributed by atoms with Crippen LogP contribution >= 0.6 is 0 Å². The highest BCUT2D eigenvalue weighted by Crippen LogP contribution is 2.37. The first-order valence-electron chi connectivity index (χ1n) is 9.55. The second kappa shape index (κ2) is 9.80. The first-order chi connectivity index (χ1) is 13.2. The summed E-state index contributed by atoms with van der Waals surface area (Å²) in [5.74, 6) is -0.629. The van der Waals surface area contributed by atoms with Crippen LogP contribution in [0.3, 0.4) is 0 Å². The molecule has 1 amide bonds. The predicted octanol–water partition coefficient (Wildman–Crippen LogP) is 3.22. The van der Waals surface area contributed by atoms with Crippen molar-refractivity contribution in [2.45, 2.75) is 44.3 Å². The van der Waals surface area contributed by atoms with Gasteiger partial charge in [-0.05, 0) is 49.8 Å². The Morgan fingerprint density at radius 3 is 2.46 bits per heavy atom. The fourth-order valence-electron chi connectivity index (χ4n) is 3.40. The number of nitrogens with one attached hydrogen (secondary N) is 2. The summed E-state index contributed by atoms with van der Waals surface area (Å²) in [5, 5.41) is 6.42. The van der Waals surface area contributed by atoms with Gasteiger partial charge in [-0.2, -0.15) is 13.2 Å². The molecule has 0 heterocycles. The number of hydrogen-bond donors (Lipinski definition) is 2. The van der Waals surface area contributed by atoms with Gasteiger partial charge in [0.1, 0.15) is 0 Å². The molecular weight excluding hydrogens is 369 g/mol. The van der Waals surface area contributed by atoms with Crippen LogP contribution in [0.5, 0.6) is 0 Å². The maximum Gasteiger partial charge on any atom is 0.391 e. The normalized spacial score (nSPS) is 20.6. The van der Waals surface area contributed by atoms with E-state index in [0.29, 0.717) is 37.3 Å². The summed E-state index contributed by atoms with van der Waals surface area (Å²) in [5.41, 5.74) is 1.67. The van der Waals surface area contributed by atoms with Crippen LogP contribution in [0.1, 0.15) is 41.6 Å². The summed E-state index contributed by atoms with van der Waals surface area (Å²) in [6.07, 6.45) is -2.10. The van der Waals surface area contributed by atoms with Gasteiger partial charge in [-0.1, -0.05) is 12.1 Å². The molecule has 5 nitrogen and oxygen atoms in total. The molecule has 28 heavy (non-hydrogen) atoms. The van der Waals surface area contributed by atoms with Crippen LogP contribution in [0.15, 0.2) is 29.3 Å². The van der Waals surface area contributed by atoms with E-state index in [-0.39, 0.29) is 24.8 Å². The van der Waals surface area contributed by atoms with Gasteiger partial charge in [-0.15, -0.1) is 0 Å². The third-order valence-electron chi connectivity index (χ3n) is 5.04. The molecule has 1 aliphatic rings. The van der Waals surface area contributed by atoms with Crippen molar-refractivity contribution >= 4 is 11.9 Å². The minimum atomic E-state index is -4.09. The van der Waals surface area contributed by atoms with Gasteiger partial charge in [0.05, 0.1) is 5.92 Å². The average molecular weight is 398 g/mol. The molecule has 0 aliphatic heterocycles. The number of nitrogens with zero attached hydrogens (tertiary/aromatic N) is 2. The second-order valence-corrected chi connectivity index (χ2v) is 7.38. The molecule has 0 radical (unpaired) electrons. The molecule has 1 saturated carbocycles. The first kappa shape index (κ1) is 22.0. The van der Waals surface area contributed by atoms with Crippen LogP contribution < -0.4 is 10.6 Å². The lowest BCUT2D eigenvalue weighted by Crippen LogP contribution is -2.46. The highest BCUT2D eigenvalue weighted by Gasteiger charge is 2.41. The van der Waals surface area contributed by atoms with Crippen LogP contribution in [0.4, 0.5) is 13.2 Å². The van der Waals surface area contributed by atoms with Crippen LogP contribution in [0, 0.1) is 5.92 Å². The van der Waals surface area contributed by atoms with Crippen molar-refractivity contribution in [3.05, 3.63) is 35.4 Å². The fourth-order valence-corrected chi connectivity index (χ4v) is 3.40. The molecule has 0 atom stereocenters. The summed E-state index contributed by atoms with van der Waals surface area (Å²) < 4.78 is 38.3. The van der Waals surface area contributed by atoms with Gasteiger partial charge in [0, 0.05) is 39.3 Å². The Morgan fingerprint density at radius 2 is 1.89 bits per heavy atom. The number of aliphatic imine (C=N–C) groups is 1. The van der Waals surface area contributed by atoms with Gasteiger partial charge in [0.25, 0.3) is 5.91 Å². The Labute approximate surface area is 164 Å². The number of alkyl halides is 3. The maximum atomic E-state index is 12.8. The van der Waals surface area contributed by atoms with E-state index in [1.807, 2.05) is 18.2 Å². The highest BCUT2D eigenvalue weighted by atomic mass is 19.4. The van der Waals surface area contributed by atoms with Crippen molar-refractivity contribution in [3.8, 4) is 0 Å². The molecule has 0 unspecified atom stereocenters. The molecule has 1 aromatic rings. The third-order valence-corrected chi connectivity index (χ3v) is 5.04. The lowest BCUT2D eigenvalue weighted by atomic mass is 9.85. The monoisotopic (exact) mass is 398 g/mol. The smallest absolute Gasteiger partial charge is 0.356 e. The van der Waals surface area contributed by atoms with Crippen molar-refractivity contribution in [2.24, 2.45) is 10.9 Å². The average Bonchev–Trinajstić information content (AvgIpc) is 2.66. The minimum absolute atomic E-state index is 0.00541. The van der Waals surface area contributed by atoms with E-state index < -0.39 is 12.1 Å². The largest absolute Gasteiger partial charge is 0.391 e. The van der Waals surface area contributed by atoms with Crippen molar-refractivity contribution in [1.29, 1.82) is 0 Å². The SMILES string of the molecule is CN=C(NCCc1cccc(C(=O)N(C)C)c1)NC1CCC(C(F)(F)F)CC1. The number of halogens is 3. The molecular formula is C20H29F3N4O. The quantitative estimate of drug-likeness (QED) is 0.592. The van der Waals surface area contributed by atoms with E-state index >= 15 is 0 Å². The van der Waals surface area contributed by atoms with Crippen LogP contribution in [0.2, 0.25) is 0 Å². The van der Waals surface area contributed by atoms with E-state index in [1.54, 1.807) is 27.2 Å². The fraction of sp³-hybridized carbons (Fsp3) is 0.600. The zero-order chi connectivity index (χ0) is 20.7. The molecule has 0 aromatic heterocycles. The molecule has 8 heteroatoms. The van der Waals surface area contributed by atoms with Gasteiger partial charge in [-0.25, -0.2) is 0 Å². The van der Waals surface area contributed by atoms with Gasteiger partial charge in [0.15, 0.2) is 5.96 Å². The molecule has 0 bridgehead atoms. The van der Waals surface area contributed by atoms with E-state index in [2.05, 4.69) is 15.6 Å². The molecule has 0 spiro atoms. The lowest BCUT2D eigenvalue weighted by molar-refractivity contribution is -0.182. The number of benzene rings is 1. The Hall–Kier alpha value is -2.25. The zero-order valence-corrected chi connectivity index (χ0v) is 16.6. The zero-order valence-electron chi connectivity index (χ0n) is 16.6. The summed E-state index contributed by atoms with van der Waals surface area (Å²) in [6, 6.07) is 7.49. The number of carbonyl (C=O) groups is 1. The first-order valence-corrected chi connectivity index (χ1v) is 9.55. The highest BCUT2D eigenvalue weighted by molar-refractivity contribution is 5.94. The Kier molecular flexibility index (Phi) is 7.71. The number of rotatable bonds is 5. The molecule has 1 fully saturated rings. The molecule has 1 aromatic carbocycles. The lowest BCUT2D eigenvalue weighted by Gasteiger charge is -2.31. The van der Waals surface area contributed by atoms with Crippen molar-refractivity contribution < 1.29 is 18.0 Å². The Morgan fingerprint density at radius 1 is 1.21 bits per heavy atom. The summed E-state index contributed by atoms with van der Waals surface area (Å²) in [6.45, 7) is 0.608. The summed E-state index contributed by atoms with van der Waals surface area (Å²) >= 11 is 0. The van der Waals surface area contributed by atoms with Gasteiger partial charge in [0.2, 0.25) is 0 Å². The molecule has 2 rings (SSSR count). The maximum absolute atomic E-state index is 12.8. The van der Waals surface area contributed by atoms with E-state index in [9.17, 15) is 18.0 Å². The predicted molar refractivity (Wildman–Crippen MR) is 104 cm³/mol. The molecule has 1 aliphatic carbocycles. The summed E-state index contributed by atoms with van der Waals surface area (Å²) in [7, 11) is 5.08. The van der Waals surface area contributed by atoms with Gasteiger partial charge >= 0.3 is 6.18 Å². The topological polar surface area (TPSA) is 56.7 Å². The van der Waals surface area contributed by atoms with Crippen LogP contribution in [-0.2, 0) is 6.42 Å². The van der Waals surface area contributed by atoms with E-state index in [0.717, 1.165) is 5.56 Å². The second-order valence-electron chi connectivity index (χ2n) is 7.38. The molecule has 156 valence electrons. The Balaban J connectivity index is 1.79. The minimum Gasteiger partial charge on any atom is -0.356 e. The number of amides is 1.